The molecule has 0 saturated carbocycles. The monoisotopic (exact) mass is 286 g/mol. The zero-order chi connectivity index (χ0) is 15.7. The first-order valence-corrected chi connectivity index (χ1v) is 7.58. The molecule has 0 aromatic rings. The quantitative estimate of drug-likeness (QED) is 0.668. The predicted molar refractivity (Wildman–Crippen MR) is 80.7 cm³/mol. The second-order valence-corrected chi connectivity index (χ2v) is 5.64. The summed E-state index contributed by atoms with van der Waals surface area (Å²) in [5.74, 6) is -1.18. The van der Waals surface area contributed by atoms with Gasteiger partial charge in [0, 0.05) is 25.7 Å². The molecule has 1 unspecified atom stereocenters. The van der Waals surface area contributed by atoms with Gasteiger partial charge in [-0.3, -0.25) is 14.5 Å². The first kappa shape index (κ1) is 18.9. The molecule has 1 atom stereocenters. The summed E-state index contributed by atoms with van der Waals surface area (Å²) in [6, 6.07) is 0.158. The maximum Gasteiger partial charge on any atom is 0.307 e. The molecule has 0 rings (SSSR count). The summed E-state index contributed by atoms with van der Waals surface area (Å²) in [7, 11) is 0. The lowest BCUT2D eigenvalue weighted by molar-refractivity contribution is -0.143. The Morgan fingerprint density at radius 3 is 1.90 bits per heavy atom. The standard InChI is InChI=1S/C15H30N2O3/c1-6-8-16(9-7-2)14(18)11-17(12(3)4)10-13(5)15(19)20/h12-13H,6-11H2,1-5H3,(H,19,20). The minimum atomic E-state index is -0.818. The van der Waals surface area contributed by atoms with E-state index in [1.165, 1.54) is 0 Å². The Balaban J connectivity index is 4.63. The second kappa shape index (κ2) is 9.75. The molecule has 118 valence electrons. The van der Waals surface area contributed by atoms with Crippen LogP contribution in [0.5, 0.6) is 0 Å². The van der Waals surface area contributed by atoms with E-state index in [4.69, 9.17) is 5.11 Å². The molecule has 0 aliphatic carbocycles. The van der Waals surface area contributed by atoms with E-state index in [0.29, 0.717) is 13.1 Å². The molecule has 0 radical (unpaired) electrons. The van der Waals surface area contributed by atoms with Gasteiger partial charge in [0.2, 0.25) is 5.91 Å². The first-order valence-electron chi connectivity index (χ1n) is 7.58. The van der Waals surface area contributed by atoms with Crippen LogP contribution >= 0.6 is 0 Å². The van der Waals surface area contributed by atoms with Gasteiger partial charge in [0.15, 0.2) is 0 Å². The fraction of sp³-hybridized carbons (Fsp3) is 0.867. The summed E-state index contributed by atoms with van der Waals surface area (Å²) in [6.07, 6.45) is 1.89. The van der Waals surface area contributed by atoms with Crippen molar-refractivity contribution < 1.29 is 14.7 Å². The van der Waals surface area contributed by atoms with Crippen LogP contribution in [-0.4, -0.2) is 59.0 Å². The van der Waals surface area contributed by atoms with Crippen molar-refractivity contribution in [2.24, 2.45) is 5.92 Å². The minimum Gasteiger partial charge on any atom is -0.481 e. The molecule has 0 heterocycles. The fourth-order valence-corrected chi connectivity index (χ4v) is 2.06. The fourth-order valence-electron chi connectivity index (χ4n) is 2.06. The molecule has 0 aromatic carbocycles. The topological polar surface area (TPSA) is 60.9 Å². The average molecular weight is 286 g/mol. The lowest BCUT2D eigenvalue weighted by Gasteiger charge is -2.30. The van der Waals surface area contributed by atoms with Crippen molar-refractivity contribution in [3.05, 3.63) is 0 Å². The first-order chi connectivity index (χ1) is 9.33. The number of carboxylic acids is 1. The molecule has 5 nitrogen and oxygen atoms in total. The van der Waals surface area contributed by atoms with Gasteiger partial charge in [0.1, 0.15) is 0 Å². The highest BCUT2D eigenvalue weighted by Crippen LogP contribution is 2.07. The van der Waals surface area contributed by atoms with Gasteiger partial charge < -0.3 is 10.0 Å². The SMILES string of the molecule is CCCN(CCC)C(=O)CN(CC(C)C(=O)O)C(C)C. The zero-order valence-electron chi connectivity index (χ0n) is 13.6. The van der Waals surface area contributed by atoms with Gasteiger partial charge in [0.25, 0.3) is 0 Å². The molecule has 1 amide bonds. The Morgan fingerprint density at radius 2 is 1.55 bits per heavy atom. The number of rotatable bonds is 10. The van der Waals surface area contributed by atoms with E-state index in [0.717, 1.165) is 25.9 Å². The lowest BCUT2D eigenvalue weighted by Crippen LogP contribution is -2.45. The number of hydrogen-bond donors (Lipinski definition) is 1. The van der Waals surface area contributed by atoms with Crippen LogP contribution < -0.4 is 0 Å². The average Bonchev–Trinajstić information content (AvgIpc) is 2.37. The molecular weight excluding hydrogens is 256 g/mol. The van der Waals surface area contributed by atoms with E-state index < -0.39 is 11.9 Å². The van der Waals surface area contributed by atoms with Crippen molar-refractivity contribution in [3.63, 3.8) is 0 Å². The van der Waals surface area contributed by atoms with Gasteiger partial charge in [-0.2, -0.15) is 0 Å². The Labute approximate surface area is 122 Å². The number of amides is 1. The van der Waals surface area contributed by atoms with Crippen LogP contribution in [0.15, 0.2) is 0 Å². The van der Waals surface area contributed by atoms with Gasteiger partial charge in [-0.15, -0.1) is 0 Å². The molecule has 0 fully saturated rings. The third kappa shape index (κ3) is 6.89. The molecule has 0 aromatic heterocycles. The second-order valence-electron chi connectivity index (χ2n) is 5.64. The van der Waals surface area contributed by atoms with E-state index in [2.05, 4.69) is 13.8 Å². The molecule has 0 spiro atoms. The van der Waals surface area contributed by atoms with Crippen molar-refractivity contribution in [1.82, 2.24) is 9.80 Å². The van der Waals surface area contributed by atoms with Crippen molar-refractivity contribution in [2.75, 3.05) is 26.2 Å². The van der Waals surface area contributed by atoms with Crippen LogP contribution in [0.4, 0.5) is 0 Å². The number of nitrogens with zero attached hydrogens (tertiary/aromatic N) is 2. The highest BCUT2D eigenvalue weighted by Gasteiger charge is 2.22. The molecule has 0 aliphatic rings. The summed E-state index contributed by atoms with van der Waals surface area (Å²) in [5.41, 5.74) is 0. The molecule has 20 heavy (non-hydrogen) atoms. The number of aliphatic carboxylic acids is 1. The van der Waals surface area contributed by atoms with Crippen LogP contribution in [0.25, 0.3) is 0 Å². The number of hydrogen-bond acceptors (Lipinski definition) is 3. The van der Waals surface area contributed by atoms with E-state index in [1.807, 2.05) is 23.6 Å². The third-order valence-corrected chi connectivity index (χ3v) is 3.34. The van der Waals surface area contributed by atoms with Crippen LogP contribution in [0, 0.1) is 5.92 Å². The van der Waals surface area contributed by atoms with Crippen molar-refractivity contribution in [2.45, 2.75) is 53.5 Å². The largest absolute Gasteiger partial charge is 0.481 e. The summed E-state index contributed by atoms with van der Waals surface area (Å²) in [6.45, 7) is 12.0. The molecule has 0 aliphatic heterocycles. The van der Waals surface area contributed by atoms with Crippen molar-refractivity contribution in [3.8, 4) is 0 Å². The number of carboxylic acid groups (broad SMARTS) is 1. The summed E-state index contributed by atoms with van der Waals surface area (Å²) in [5, 5.41) is 9.00. The van der Waals surface area contributed by atoms with Crippen LogP contribution in [-0.2, 0) is 9.59 Å². The molecule has 5 heteroatoms. The van der Waals surface area contributed by atoms with E-state index in [9.17, 15) is 9.59 Å². The lowest BCUT2D eigenvalue weighted by atomic mass is 10.1. The highest BCUT2D eigenvalue weighted by molar-refractivity contribution is 5.78. The maximum absolute atomic E-state index is 12.3. The maximum atomic E-state index is 12.3. The van der Waals surface area contributed by atoms with Crippen molar-refractivity contribution in [1.29, 1.82) is 0 Å². The number of carbonyl (C=O) groups is 2. The van der Waals surface area contributed by atoms with Gasteiger partial charge in [-0.25, -0.2) is 0 Å². The van der Waals surface area contributed by atoms with Gasteiger partial charge in [-0.1, -0.05) is 20.8 Å². The number of carbonyl (C=O) groups excluding carboxylic acids is 1. The van der Waals surface area contributed by atoms with E-state index in [-0.39, 0.29) is 11.9 Å². The zero-order valence-corrected chi connectivity index (χ0v) is 13.6. The van der Waals surface area contributed by atoms with Crippen LogP contribution in [0.1, 0.15) is 47.5 Å². The van der Waals surface area contributed by atoms with Crippen LogP contribution in [0.2, 0.25) is 0 Å². The highest BCUT2D eigenvalue weighted by atomic mass is 16.4. The Bertz CT molecular complexity index is 299. The molecule has 0 bridgehead atoms. The van der Waals surface area contributed by atoms with E-state index in [1.54, 1.807) is 6.92 Å². The third-order valence-electron chi connectivity index (χ3n) is 3.34. The van der Waals surface area contributed by atoms with E-state index >= 15 is 0 Å². The smallest absolute Gasteiger partial charge is 0.307 e. The van der Waals surface area contributed by atoms with Crippen molar-refractivity contribution >= 4 is 11.9 Å². The summed E-state index contributed by atoms with van der Waals surface area (Å²) < 4.78 is 0. The van der Waals surface area contributed by atoms with Gasteiger partial charge in [-0.05, 0) is 26.7 Å². The molecule has 1 N–H and O–H groups in total. The normalized spacial score (nSPS) is 12.8. The van der Waals surface area contributed by atoms with Crippen LogP contribution in [0.3, 0.4) is 0 Å². The minimum absolute atomic E-state index is 0.0972. The Morgan fingerprint density at radius 1 is 1.05 bits per heavy atom. The predicted octanol–water partition coefficient (Wildman–Crippen LogP) is 2.07. The summed E-state index contributed by atoms with van der Waals surface area (Å²) in [4.78, 5) is 27.1. The molecule has 0 saturated heterocycles. The molecular formula is C15H30N2O3. The summed E-state index contributed by atoms with van der Waals surface area (Å²) >= 11 is 0. The van der Waals surface area contributed by atoms with Gasteiger partial charge >= 0.3 is 5.97 Å². The Kier molecular flexibility index (Phi) is 9.21. The Hall–Kier alpha value is -1.10. The van der Waals surface area contributed by atoms with Gasteiger partial charge in [0.05, 0.1) is 12.5 Å².